The van der Waals surface area contributed by atoms with Gasteiger partial charge in [0, 0.05) is 15.0 Å². The SMILES string of the molecule is Cc1noc(-c2c(NC(=O)Cc3ccc(SC(C)C)cc3)sc3c2CCOC3)n1. The lowest BCUT2D eigenvalue weighted by Gasteiger charge is -2.12. The van der Waals surface area contributed by atoms with Crippen molar-refractivity contribution in [3.05, 3.63) is 46.1 Å². The van der Waals surface area contributed by atoms with E-state index < -0.39 is 0 Å². The topological polar surface area (TPSA) is 77.2 Å². The number of carbonyl (C=O) groups is 1. The molecule has 0 bridgehead atoms. The number of benzene rings is 1. The Morgan fingerprint density at radius 2 is 2.10 bits per heavy atom. The lowest BCUT2D eigenvalue weighted by molar-refractivity contribution is -0.115. The highest BCUT2D eigenvalue weighted by molar-refractivity contribution is 7.99. The number of thiophene rings is 1. The maximum Gasteiger partial charge on any atom is 0.261 e. The molecule has 1 aliphatic rings. The van der Waals surface area contributed by atoms with Crippen molar-refractivity contribution in [2.75, 3.05) is 11.9 Å². The van der Waals surface area contributed by atoms with Crippen molar-refractivity contribution in [1.82, 2.24) is 10.1 Å². The summed E-state index contributed by atoms with van der Waals surface area (Å²) in [6, 6.07) is 8.17. The number of amides is 1. The second-order valence-corrected chi connectivity index (χ2v) is 9.95. The van der Waals surface area contributed by atoms with Gasteiger partial charge in [-0.3, -0.25) is 4.79 Å². The van der Waals surface area contributed by atoms with Gasteiger partial charge in [0.2, 0.25) is 5.91 Å². The molecule has 0 unspecified atom stereocenters. The van der Waals surface area contributed by atoms with E-state index in [4.69, 9.17) is 9.26 Å². The molecular weight excluding hydrogens is 406 g/mol. The molecule has 0 spiro atoms. The van der Waals surface area contributed by atoms with Gasteiger partial charge in [-0.1, -0.05) is 31.1 Å². The standard InChI is InChI=1S/C21H23N3O3S2/c1-12(2)28-15-6-4-14(5-7-15)10-18(25)23-21-19(20-22-13(3)24-27-20)16-8-9-26-11-17(16)29-21/h4-7,12H,8-11H2,1-3H3,(H,23,25). The molecule has 0 fully saturated rings. The largest absolute Gasteiger partial charge is 0.376 e. The minimum atomic E-state index is -0.0636. The van der Waals surface area contributed by atoms with E-state index in [1.54, 1.807) is 6.92 Å². The Morgan fingerprint density at radius 3 is 2.79 bits per heavy atom. The van der Waals surface area contributed by atoms with Gasteiger partial charge in [0.15, 0.2) is 5.82 Å². The number of hydrogen-bond donors (Lipinski definition) is 1. The number of ether oxygens (including phenoxy) is 1. The van der Waals surface area contributed by atoms with E-state index in [0.717, 1.165) is 33.0 Å². The summed E-state index contributed by atoms with van der Waals surface area (Å²) in [4.78, 5) is 19.4. The van der Waals surface area contributed by atoms with Crippen LogP contribution >= 0.6 is 23.1 Å². The molecule has 3 aromatic rings. The lowest BCUT2D eigenvalue weighted by atomic mass is 10.1. The number of rotatable bonds is 6. The molecular formula is C21H23N3O3S2. The molecule has 4 rings (SSSR count). The zero-order valence-corrected chi connectivity index (χ0v) is 18.3. The number of fused-ring (bicyclic) bond motifs is 1. The van der Waals surface area contributed by atoms with Gasteiger partial charge in [-0.15, -0.1) is 23.1 Å². The minimum Gasteiger partial charge on any atom is -0.376 e. The average Bonchev–Trinajstić information content (AvgIpc) is 3.25. The van der Waals surface area contributed by atoms with Crippen LogP contribution in [0.15, 0.2) is 33.7 Å². The van der Waals surface area contributed by atoms with Gasteiger partial charge in [-0.2, -0.15) is 4.98 Å². The number of nitrogens with one attached hydrogen (secondary N) is 1. The molecule has 152 valence electrons. The fourth-order valence-corrected chi connectivity index (χ4v) is 5.29. The highest BCUT2D eigenvalue weighted by atomic mass is 32.2. The van der Waals surface area contributed by atoms with Crippen LogP contribution < -0.4 is 5.32 Å². The predicted octanol–water partition coefficient (Wildman–Crippen LogP) is 4.86. The van der Waals surface area contributed by atoms with Gasteiger partial charge < -0.3 is 14.6 Å². The molecule has 6 nitrogen and oxygen atoms in total. The highest BCUT2D eigenvalue weighted by Gasteiger charge is 2.26. The van der Waals surface area contributed by atoms with E-state index in [2.05, 4.69) is 41.4 Å². The number of aryl methyl sites for hydroxylation is 1. The quantitative estimate of drug-likeness (QED) is 0.564. The van der Waals surface area contributed by atoms with Gasteiger partial charge in [-0.05, 0) is 36.6 Å². The summed E-state index contributed by atoms with van der Waals surface area (Å²) < 4.78 is 11.0. The second kappa shape index (κ2) is 8.69. The van der Waals surface area contributed by atoms with Crippen LogP contribution in [-0.2, 0) is 29.0 Å². The van der Waals surface area contributed by atoms with Crippen LogP contribution in [0.3, 0.4) is 0 Å². The first-order valence-corrected chi connectivity index (χ1v) is 11.3. The van der Waals surface area contributed by atoms with Gasteiger partial charge in [0.05, 0.1) is 25.2 Å². The third-order valence-corrected chi connectivity index (χ3v) is 6.61. The van der Waals surface area contributed by atoms with Crippen molar-refractivity contribution in [1.29, 1.82) is 0 Å². The first-order valence-electron chi connectivity index (χ1n) is 9.58. The van der Waals surface area contributed by atoms with E-state index in [-0.39, 0.29) is 5.91 Å². The molecule has 2 aromatic heterocycles. The molecule has 0 aliphatic carbocycles. The first kappa shape index (κ1) is 20.1. The summed E-state index contributed by atoms with van der Waals surface area (Å²) in [6.45, 7) is 7.32. The summed E-state index contributed by atoms with van der Waals surface area (Å²) in [5, 5.41) is 8.26. The molecule has 1 N–H and O–H groups in total. The second-order valence-electron chi connectivity index (χ2n) is 7.19. The zero-order valence-electron chi connectivity index (χ0n) is 16.7. The fourth-order valence-electron chi connectivity index (χ4n) is 3.26. The third kappa shape index (κ3) is 4.71. The monoisotopic (exact) mass is 429 g/mol. The molecule has 1 aliphatic heterocycles. The van der Waals surface area contributed by atoms with E-state index in [1.807, 2.05) is 23.9 Å². The number of hydrogen-bond acceptors (Lipinski definition) is 7. The predicted molar refractivity (Wildman–Crippen MR) is 115 cm³/mol. The maximum atomic E-state index is 12.7. The fraction of sp³-hybridized carbons (Fsp3) is 0.381. The van der Waals surface area contributed by atoms with Crippen molar-refractivity contribution in [2.24, 2.45) is 0 Å². The Hall–Kier alpha value is -2.16. The Kier molecular flexibility index (Phi) is 6.03. The van der Waals surface area contributed by atoms with Crippen LogP contribution in [0, 0.1) is 6.92 Å². The van der Waals surface area contributed by atoms with Gasteiger partial charge in [0.25, 0.3) is 5.89 Å². The number of carbonyl (C=O) groups excluding carboxylic acids is 1. The first-order chi connectivity index (χ1) is 14.0. The van der Waals surface area contributed by atoms with E-state index in [1.165, 1.54) is 16.2 Å². The molecule has 0 saturated carbocycles. The molecule has 29 heavy (non-hydrogen) atoms. The summed E-state index contributed by atoms with van der Waals surface area (Å²) in [5.41, 5.74) is 2.96. The van der Waals surface area contributed by atoms with Crippen molar-refractivity contribution in [3.63, 3.8) is 0 Å². The minimum absolute atomic E-state index is 0.0636. The van der Waals surface area contributed by atoms with Crippen LogP contribution in [0.2, 0.25) is 0 Å². The van der Waals surface area contributed by atoms with E-state index in [9.17, 15) is 4.79 Å². The van der Waals surface area contributed by atoms with E-state index in [0.29, 0.717) is 36.6 Å². The van der Waals surface area contributed by atoms with Crippen LogP contribution in [0.5, 0.6) is 0 Å². The Bertz CT molecular complexity index is 1010. The molecule has 0 radical (unpaired) electrons. The summed E-state index contributed by atoms with van der Waals surface area (Å²) in [5.74, 6) is 0.960. The number of aromatic nitrogens is 2. The Balaban J connectivity index is 1.53. The Labute approximate surface area is 178 Å². The molecule has 1 aromatic carbocycles. The van der Waals surface area contributed by atoms with Crippen molar-refractivity contribution in [2.45, 2.75) is 50.4 Å². The number of nitrogens with zero attached hydrogens (tertiary/aromatic N) is 2. The third-order valence-electron chi connectivity index (χ3n) is 4.47. The van der Waals surface area contributed by atoms with Crippen molar-refractivity contribution < 1.29 is 14.1 Å². The molecule has 1 amide bonds. The van der Waals surface area contributed by atoms with E-state index >= 15 is 0 Å². The molecule has 8 heteroatoms. The summed E-state index contributed by atoms with van der Waals surface area (Å²) >= 11 is 3.34. The van der Waals surface area contributed by atoms with Crippen molar-refractivity contribution >= 4 is 34.0 Å². The highest BCUT2D eigenvalue weighted by Crippen LogP contribution is 2.42. The van der Waals surface area contributed by atoms with Gasteiger partial charge >= 0.3 is 0 Å². The van der Waals surface area contributed by atoms with Gasteiger partial charge in [0.1, 0.15) is 5.00 Å². The van der Waals surface area contributed by atoms with Crippen LogP contribution in [0.1, 0.15) is 35.7 Å². The zero-order chi connectivity index (χ0) is 20.4. The molecule has 0 atom stereocenters. The van der Waals surface area contributed by atoms with Crippen LogP contribution in [-0.4, -0.2) is 27.9 Å². The normalized spacial score (nSPS) is 13.5. The summed E-state index contributed by atoms with van der Waals surface area (Å²) in [6.07, 6.45) is 1.08. The number of anilines is 1. The van der Waals surface area contributed by atoms with Gasteiger partial charge in [-0.25, -0.2) is 0 Å². The summed E-state index contributed by atoms with van der Waals surface area (Å²) in [7, 11) is 0. The average molecular weight is 430 g/mol. The van der Waals surface area contributed by atoms with Crippen molar-refractivity contribution in [3.8, 4) is 11.5 Å². The smallest absolute Gasteiger partial charge is 0.261 e. The van der Waals surface area contributed by atoms with Crippen LogP contribution in [0.25, 0.3) is 11.5 Å². The number of thioether (sulfide) groups is 1. The molecule has 0 saturated heterocycles. The Morgan fingerprint density at radius 1 is 1.31 bits per heavy atom. The lowest BCUT2D eigenvalue weighted by Crippen LogP contribution is -2.14. The molecule has 3 heterocycles. The van der Waals surface area contributed by atoms with Crippen LogP contribution in [0.4, 0.5) is 5.00 Å². The maximum absolute atomic E-state index is 12.7.